The Kier molecular flexibility index (Phi) is 7.03. The Hall–Kier alpha value is -0.170. The smallest absolute Gasteiger partial charge is 0.153 e. The molecule has 0 bridgehead atoms. The zero-order valence-corrected chi connectivity index (χ0v) is 11.8. The first-order chi connectivity index (χ1) is 8.08. The molecule has 17 heavy (non-hydrogen) atoms. The summed E-state index contributed by atoms with van der Waals surface area (Å²) in [5.41, 5.74) is 0. The maximum atomic E-state index is 10.6. The molecule has 0 aromatic carbocycles. The van der Waals surface area contributed by atoms with E-state index < -0.39 is 10.7 Å². The third-order valence-corrected chi connectivity index (χ3v) is 3.75. The summed E-state index contributed by atoms with van der Waals surface area (Å²) in [5, 5.41) is 3.55. The number of nitrogens with zero attached hydrogens (tertiary/aromatic N) is 2. The highest BCUT2D eigenvalue weighted by Crippen LogP contribution is 2.09. The first-order valence-electron chi connectivity index (χ1n) is 6.30. The van der Waals surface area contributed by atoms with Crippen LogP contribution >= 0.6 is 0 Å². The highest BCUT2D eigenvalue weighted by atomic mass is 32.2. The molecule has 0 amide bonds. The van der Waals surface area contributed by atoms with Crippen molar-refractivity contribution in [2.75, 3.05) is 46.2 Å². The number of hydrogen-bond donors (Lipinski definition) is 2. The third kappa shape index (κ3) is 6.98. The average molecular weight is 263 g/mol. The van der Waals surface area contributed by atoms with Crippen molar-refractivity contribution in [3.05, 3.63) is 0 Å². The molecular weight excluding hydrogens is 238 g/mol. The lowest BCUT2D eigenvalue weighted by atomic mass is 10.1. The minimum absolute atomic E-state index is 0.225. The molecule has 1 aliphatic rings. The van der Waals surface area contributed by atoms with E-state index >= 15 is 0 Å². The molecule has 0 saturated carbocycles. The lowest BCUT2D eigenvalue weighted by molar-refractivity contribution is 0.223. The lowest BCUT2D eigenvalue weighted by Gasteiger charge is -2.31. The van der Waals surface area contributed by atoms with Gasteiger partial charge in [0.15, 0.2) is 10.7 Å². The number of thiol groups is 1. The Morgan fingerprint density at radius 1 is 1.29 bits per heavy atom. The Morgan fingerprint density at radius 2 is 1.94 bits per heavy atom. The summed E-state index contributed by atoms with van der Waals surface area (Å²) >= 11 is 0. The van der Waals surface area contributed by atoms with Gasteiger partial charge < -0.3 is 10.2 Å². The van der Waals surface area contributed by atoms with Crippen LogP contribution in [-0.2, 0) is 10.7 Å². The van der Waals surface area contributed by atoms with Gasteiger partial charge in [0, 0.05) is 19.1 Å². The maximum absolute atomic E-state index is 10.6. The summed E-state index contributed by atoms with van der Waals surface area (Å²) in [5.74, 6) is 0.225. The number of likely N-dealkylation sites (tertiary alicyclic amines) is 1. The van der Waals surface area contributed by atoms with E-state index in [0.717, 1.165) is 39.0 Å². The average Bonchev–Trinajstić information content (AvgIpc) is 2.25. The van der Waals surface area contributed by atoms with Crippen LogP contribution in [0.1, 0.15) is 19.3 Å². The molecule has 1 rings (SSSR count). The van der Waals surface area contributed by atoms with Crippen LogP contribution in [0.5, 0.6) is 0 Å². The van der Waals surface area contributed by atoms with Crippen LogP contribution in [-0.4, -0.2) is 70.4 Å². The van der Waals surface area contributed by atoms with Gasteiger partial charge in [0.1, 0.15) is 0 Å². The van der Waals surface area contributed by atoms with E-state index in [0.29, 0.717) is 6.04 Å². The van der Waals surface area contributed by atoms with Crippen molar-refractivity contribution in [1.29, 1.82) is 0 Å². The van der Waals surface area contributed by atoms with Gasteiger partial charge in [-0.2, -0.15) is 0 Å². The zero-order chi connectivity index (χ0) is 12.7. The van der Waals surface area contributed by atoms with E-state index in [-0.39, 0.29) is 5.88 Å². The van der Waals surface area contributed by atoms with E-state index in [1.165, 1.54) is 6.42 Å². The van der Waals surface area contributed by atoms with Crippen molar-refractivity contribution in [3.8, 4) is 0 Å². The van der Waals surface area contributed by atoms with Gasteiger partial charge in [-0.3, -0.25) is 4.90 Å². The van der Waals surface area contributed by atoms with Crippen LogP contribution in [0.4, 0.5) is 0 Å². The molecule has 0 aromatic heterocycles. The van der Waals surface area contributed by atoms with Gasteiger partial charge in [-0.25, -0.2) is 8.42 Å². The van der Waals surface area contributed by atoms with Crippen LogP contribution in [0, 0.1) is 0 Å². The monoisotopic (exact) mass is 263 g/mol. The van der Waals surface area contributed by atoms with E-state index in [2.05, 4.69) is 24.3 Å². The summed E-state index contributed by atoms with van der Waals surface area (Å²) in [6.07, 6.45) is 3.29. The summed E-state index contributed by atoms with van der Waals surface area (Å²) in [4.78, 5) is 4.21. The third-order valence-electron chi connectivity index (χ3n) is 3.12. The van der Waals surface area contributed by atoms with Crippen LogP contribution in [0.2, 0.25) is 0 Å². The van der Waals surface area contributed by atoms with Gasteiger partial charge in [0.05, 0.1) is 5.88 Å². The minimum Gasteiger partial charge on any atom is -0.314 e. The molecule has 1 N–H and O–H groups in total. The Labute approximate surface area is 106 Å². The van der Waals surface area contributed by atoms with Gasteiger partial charge in [-0.15, -0.1) is 0 Å². The Morgan fingerprint density at radius 3 is 2.47 bits per heavy atom. The van der Waals surface area contributed by atoms with E-state index in [1.54, 1.807) is 0 Å². The first-order valence-corrected chi connectivity index (χ1v) is 7.66. The molecule has 1 heterocycles. The molecule has 0 aliphatic carbocycles. The predicted octanol–water partition coefficient (Wildman–Crippen LogP) is -0.439. The van der Waals surface area contributed by atoms with Crippen molar-refractivity contribution < 1.29 is 8.42 Å². The second kappa shape index (κ2) is 8.02. The number of hydrogen-bond acceptors (Lipinski definition) is 5. The number of piperidine rings is 1. The second-order valence-electron chi connectivity index (χ2n) is 4.98. The quantitative estimate of drug-likeness (QED) is 0.482. The van der Waals surface area contributed by atoms with Crippen molar-refractivity contribution in [3.63, 3.8) is 0 Å². The molecule has 5 nitrogen and oxygen atoms in total. The SMILES string of the molecule is CN(C)CCCNC1CCN(C[SH](=O)=O)CC1. The molecular formula is C11H25N3O2S. The van der Waals surface area contributed by atoms with Crippen molar-refractivity contribution in [2.24, 2.45) is 0 Å². The molecule has 0 unspecified atom stereocenters. The Bertz CT molecular complexity index is 266. The fourth-order valence-electron chi connectivity index (χ4n) is 2.14. The van der Waals surface area contributed by atoms with Crippen LogP contribution in [0.3, 0.4) is 0 Å². The molecule has 6 heteroatoms. The van der Waals surface area contributed by atoms with Crippen LogP contribution in [0.15, 0.2) is 0 Å². The molecule has 1 fully saturated rings. The standard InChI is InChI=1S/C11H25N3O2S/c1-13(2)7-3-6-12-11-4-8-14(9-5-11)10-17(15)16/h11-12,17H,3-10H2,1-2H3. The topological polar surface area (TPSA) is 52.6 Å². The van der Waals surface area contributed by atoms with Crippen LogP contribution in [0.25, 0.3) is 0 Å². The van der Waals surface area contributed by atoms with Crippen molar-refractivity contribution in [1.82, 2.24) is 15.1 Å². The highest BCUT2D eigenvalue weighted by Gasteiger charge is 2.18. The zero-order valence-electron chi connectivity index (χ0n) is 10.9. The van der Waals surface area contributed by atoms with Crippen molar-refractivity contribution >= 4 is 10.7 Å². The number of nitrogens with one attached hydrogen (secondary N) is 1. The minimum atomic E-state index is -2.26. The lowest BCUT2D eigenvalue weighted by Crippen LogP contribution is -2.43. The van der Waals surface area contributed by atoms with Gasteiger partial charge in [0.2, 0.25) is 0 Å². The van der Waals surface area contributed by atoms with Crippen molar-refractivity contribution in [2.45, 2.75) is 25.3 Å². The van der Waals surface area contributed by atoms with E-state index in [4.69, 9.17) is 0 Å². The maximum Gasteiger partial charge on any atom is 0.153 e. The van der Waals surface area contributed by atoms with Gasteiger partial charge in [-0.05, 0) is 46.4 Å². The van der Waals surface area contributed by atoms with Gasteiger partial charge in [0.25, 0.3) is 0 Å². The highest BCUT2D eigenvalue weighted by molar-refractivity contribution is 7.72. The molecule has 0 radical (unpaired) electrons. The van der Waals surface area contributed by atoms with Gasteiger partial charge >= 0.3 is 0 Å². The second-order valence-corrected chi connectivity index (χ2v) is 5.93. The fourth-order valence-corrected chi connectivity index (χ4v) is 2.75. The molecule has 1 aliphatic heterocycles. The van der Waals surface area contributed by atoms with E-state index in [1.807, 2.05) is 4.90 Å². The molecule has 0 spiro atoms. The Balaban J connectivity index is 2.06. The first kappa shape index (κ1) is 14.9. The molecule has 0 aromatic rings. The summed E-state index contributed by atoms with van der Waals surface area (Å²) in [6.45, 7) is 3.96. The molecule has 1 saturated heterocycles. The fraction of sp³-hybridized carbons (Fsp3) is 1.00. The molecule has 0 atom stereocenters. The number of rotatable bonds is 7. The largest absolute Gasteiger partial charge is 0.314 e. The van der Waals surface area contributed by atoms with E-state index in [9.17, 15) is 8.42 Å². The summed E-state index contributed by atoms with van der Waals surface area (Å²) < 4.78 is 21.2. The predicted molar refractivity (Wildman–Crippen MR) is 71.0 cm³/mol. The molecule has 102 valence electrons. The normalized spacial score (nSPS) is 19.3. The summed E-state index contributed by atoms with van der Waals surface area (Å²) in [6, 6.07) is 0.568. The summed E-state index contributed by atoms with van der Waals surface area (Å²) in [7, 11) is 1.91. The van der Waals surface area contributed by atoms with Crippen LogP contribution < -0.4 is 5.32 Å². The van der Waals surface area contributed by atoms with Gasteiger partial charge in [-0.1, -0.05) is 0 Å².